The van der Waals surface area contributed by atoms with E-state index in [1.807, 2.05) is 0 Å². The van der Waals surface area contributed by atoms with E-state index in [1.54, 1.807) is 0 Å². The normalized spacial score (nSPS) is 10.3. The number of carbonyl (C=O) groups excluding carboxylic acids is 1. The molecule has 98 valence electrons. The lowest BCUT2D eigenvalue weighted by molar-refractivity contribution is 0.0991. The summed E-state index contributed by atoms with van der Waals surface area (Å²) >= 11 is 5.87. The van der Waals surface area contributed by atoms with Crippen molar-refractivity contribution in [1.29, 1.82) is 0 Å². The highest BCUT2D eigenvalue weighted by atomic mass is 35.5. The van der Waals surface area contributed by atoms with Gasteiger partial charge in [0.2, 0.25) is 0 Å². The van der Waals surface area contributed by atoms with Gasteiger partial charge >= 0.3 is 6.01 Å². The van der Waals surface area contributed by atoms with E-state index >= 15 is 0 Å². The van der Waals surface area contributed by atoms with Crippen LogP contribution in [0.1, 0.15) is 15.9 Å². The second-order valence-corrected chi connectivity index (χ2v) is 4.17. The minimum Gasteiger partial charge on any atom is -0.467 e. The Morgan fingerprint density at radius 2 is 2.05 bits per heavy atom. The molecule has 0 N–H and O–H groups in total. The van der Waals surface area contributed by atoms with Crippen LogP contribution in [0, 0.1) is 5.82 Å². The highest BCUT2D eigenvalue weighted by Gasteiger charge is 2.14. The first-order valence-corrected chi connectivity index (χ1v) is 5.81. The molecule has 0 spiro atoms. The fourth-order valence-electron chi connectivity index (χ4n) is 1.53. The van der Waals surface area contributed by atoms with Gasteiger partial charge in [-0.25, -0.2) is 14.4 Å². The number of aromatic nitrogens is 2. The van der Waals surface area contributed by atoms with Crippen LogP contribution in [0.3, 0.4) is 0 Å². The minimum atomic E-state index is -0.504. The molecule has 0 aliphatic heterocycles. The van der Waals surface area contributed by atoms with Crippen molar-refractivity contribution >= 4 is 17.4 Å². The first-order valence-electron chi connectivity index (χ1n) is 5.44. The third-order valence-electron chi connectivity index (χ3n) is 2.53. The lowest BCUT2D eigenvalue weighted by Gasteiger charge is -2.05. The number of hydrogen-bond acceptors (Lipinski definition) is 4. The molecule has 6 heteroatoms. The molecule has 0 aliphatic rings. The molecule has 1 aromatic carbocycles. The molecule has 1 aromatic heterocycles. The van der Waals surface area contributed by atoms with Crippen molar-refractivity contribution in [2.24, 2.45) is 0 Å². The molecule has 19 heavy (non-hydrogen) atoms. The van der Waals surface area contributed by atoms with Crippen molar-refractivity contribution < 1.29 is 13.9 Å². The smallest absolute Gasteiger partial charge is 0.316 e. The van der Waals surface area contributed by atoms with Crippen molar-refractivity contribution in [3.63, 3.8) is 0 Å². The lowest BCUT2D eigenvalue weighted by atomic mass is 10.0. The van der Waals surface area contributed by atoms with Crippen LogP contribution in [-0.4, -0.2) is 22.9 Å². The second kappa shape index (κ2) is 5.75. The van der Waals surface area contributed by atoms with Gasteiger partial charge in [0.25, 0.3) is 0 Å². The van der Waals surface area contributed by atoms with Gasteiger partial charge in [-0.1, -0.05) is 17.7 Å². The summed E-state index contributed by atoms with van der Waals surface area (Å²) in [6.45, 7) is 0. The Morgan fingerprint density at radius 3 is 2.63 bits per heavy atom. The van der Waals surface area contributed by atoms with E-state index < -0.39 is 5.82 Å². The summed E-state index contributed by atoms with van der Waals surface area (Å²) in [6.07, 6.45) is 2.53. The Hall–Kier alpha value is -2.01. The highest BCUT2D eigenvalue weighted by molar-refractivity contribution is 6.31. The number of Topliss-reactive ketones (excluding diaryl/α,β-unsaturated/α-hetero) is 1. The largest absolute Gasteiger partial charge is 0.467 e. The maximum atomic E-state index is 13.6. The summed E-state index contributed by atoms with van der Waals surface area (Å²) < 4.78 is 18.3. The lowest BCUT2D eigenvalue weighted by Crippen LogP contribution is -2.07. The van der Waals surface area contributed by atoms with Crippen molar-refractivity contribution in [1.82, 2.24) is 9.97 Å². The topological polar surface area (TPSA) is 52.1 Å². The number of methoxy groups -OCH3 is 1. The molecule has 0 amide bonds. The molecular formula is C13H10ClFN2O2. The predicted molar refractivity (Wildman–Crippen MR) is 68.0 cm³/mol. The zero-order valence-electron chi connectivity index (χ0n) is 10.1. The van der Waals surface area contributed by atoms with Gasteiger partial charge in [-0.2, -0.15) is 0 Å². The molecular weight excluding hydrogens is 271 g/mol. The van der Waals surface area contributed by atoms with Gasteiger partial charge in [0.1, 0.15) is 5.82 Å². The molecule has 1 heterocycles. The van der Waals surface area contributed by atoms with E-state index in [4.69, 9.17) is 16.3 Å². The van der Waals surface area contributed by atoms with Gasteiger partial charge < -0.3 is 4.74 Å². The maximum Gasteiger partial charge on any atom is 0.316 e. The number of benzene rings is 1. The average Bonchev–Trinajstić information content (AvgIpc) is 2.43. The fourth-order valence-corrected chi connectivity index (χ4v) is 1.76. The number of rotatable bonds is 4. The minimum absolute atomic E-state index is 0.138. The van der Waals surface area contributed by atoms with Crippen LogP contribution >= 0.6 is 11.6 Å². The summed E-state index contributed by atoms with van der Waals surface area (Å²) in [7, 11) is 1.43. The van der Waals surface area contributed by atoms with Crippen molar-refractivity contribution in [2.45, 2.75) is 6.42 Å². The Bertz CT molecular complexity index is 582. The Morgan fingerprint density at radius 1 is 1.37 bits per heavy atom. The van der Waals surface area contributed by atoms with E-state index in [0.717, 1.165) is 0 Å². The van der Waals surface area contributed by atoms with Crippen molar-refractivity contribution in [3.8, 4) is 6.01 Å². The van der Waals surface area contributed by atoms with Gasteiger partial charge in [0.15, 0.2) is 5.78 Å². The summed E-state index contributed by atoms with van der Waals surface area (Å²) in [5, 5.41) is 0.225. The summed E-state index contributed by atoms with van der Waals surface area (Å²) in [6, 6.07) is 4.46. The molecule has 2 rings (SSSR count). The van der Waals surface area contributed by atoms with Gasteiger partial charge in [0, 0.05) is 29.4 Å². The monoisotopic (exact) mass is 280 g/mol. The first kappa shape index (κ1) is 13.4. The number of hydrogen-bond donors (Lipinski definition) is 0. The zero-order chi connectivity index (χ0) is 13.8. The standard InChI is InChI=1S/C13H10ClFN2O2/c1-19-13-16-6-8(7-17-13)12(18)5-9-10(14)3-2-4-11(9)15/h2-4,6-7H,5H2,1H3. The third kappa shape index (κ3) is 3.06. The Balaban J connectivity index is 2.20. The van der Waals surface area contributed by atoms with Crippen molar-refractivity contribution in [3.05, 3.63) is 52.6 Å². The quantitative estimate of drug-likeness (QED) is 0.808. The van der Waals surface area contributed by atoms with E-state index in [2.05, 4.69) is 9.97 Å². The Kier molecular flexibility index (Phi) is 4.06. The van der Waals surface area contributed by atoms with Gasteiger partial charge in [-0.15, -0.1) is 0 Å². The summed E-state index contributed by atoms with van der Waals surface area (Å²) in [5.74, 6) is -0.815. The average molecular weight is 281 g/mol. The number of ether oxygens (including phenoxy) is 1. The molecule has 0 atom stereocenters. The number of nitrogens with zero attached hydrogens (tertiary/aromatic N) is 2. The van der Waals surface area contributed by atoms with Crippen LogP contribution in [0.2, 0.25) is 5.02 Å². The summed E-state index contributed by atoms with van der Waals surface area (Å²) in [5.41, 5.74) is 0.449. The molecule has 0 saturated carbocycles. The number of ketones is 1. The zero-order valence-corrected chi connectivity index (χ0v) is 10.8. The van der Waals surface area contributed by atoms with E-state index in [1.165, 1.54) is 37.7 Å². The van der Waals surface area contributed by atoms with Gasteiger partial charge in [-0.05, 0) is 12.1 Å². The van der Waals surface area contributed by atoms with Crippen LogP contribution < -0.4 is 4.74 Å². The van der Waals surface area contributed by atoms with Crippen LogP contribution in [0.5, 0.6) is 6.01 Å². The molecule has 0 bridgehead atoms. The summed E-state index contributed by atoms with van der Waals surface area (Å²) in [4.78, 5) is 19.6. The third-order valence-corrected chi connectivity index (χ3v) is 2.89. The van der Waals surface area contributed by atoms with Crippen LogP contribution in [0.25, 0.3) is 0 Å². The second-order valence-electron chi connectivity index (χ2n) is 3.76. The maximum absolute atomic E-state index is 13.6. The molecule has 0 unspecified atom stereocenters. The molecule has 0 fully saturated rings. The number of carbonyl (C=O) groups is 1. The molecule has 4 nitrogen and oxygen atoms in total. The molecule has 0 aliphatic carbocycles. The molecule has 0 radical (unpaired) electrons. The Labute approximate surface area is 114 Å². The predicted octanol–water partition coefficient (Wildman–Crippen LogP) is 2.70. The van der Waals surface area contributed by atoms with E-state index in [-0.39, 0.29) is 34.4 Å². The van der Waals surface area contributed by atoms with Gasteiger partial charge in [0.05, 0.1) is 12.7 Å². The first-order chi connectivity index (χ1) is 9.11. The van der Waals surface area contributed by atoms with Crippen LogP contribution in [0.4, 0.5) is 4.39 Å². The SMILES string of the molecule is COc1ncc(C(=O)Cc2c(F)cccc2Cl)cn1. The van der Waals surface area contributed by atoms with E-state index in [0.29, 0.717) is 0 Å². The molecule has 0 saturated heterocycles. The van der Waals surface area contributed by atoms with Gasteiger partial charge in [-0.3, -0.25) is 4.79 Å². The number of halogens is 2. The van der Waals surface area contributed by atoms with E-state index in [9.17, 15) is 9.18 Å². The van der Waals surface area contributed by atoms with Crippen molar-refractivity contribution in [2.75, 3.05) is 7.11 Å². The van der Waals surface area contributed by atoms with Crippen LogP contribution in [0.15, 0.2) is 30.6 Å². The highest BCUT2D eigenvalue weighted by Crippen LogP contribution is 2.20. The van der Waals surface area contributed by atoms with Crippen LogP contribution in [-0.2, 0) is 6.42 Å². The fraction of sp³-hybridized carbons (Fsp3) is 0.154. The molecule has 2 aromatic rings.